The van der Waals surface area contributed by atoms with Crippen LogP contribution in [0.5, 0.6) is 0 Å². The van der Waals surface area contributed by atoms with Crippen molar-refractivity contribution in [3.05, 3.63) is 65.2 Å². The second-order valence-corrected chi connectivity index (χ2v) is 7.78. The van der Waals surface area contributed by atoms with Gasteiger partial charge in [0.25, 0.3) is 5.91 Å². The zero-order chi connectivity index (χ0) is 19.3. The SMILES string of the molecule is Cc1ccc(-c2cccc(C(=O)N3CCn4nc([C@H](O)C5CC5)cc4C3)c2)o1. The van der Waals surface area contributed by atoms with Crippen molar-refractivity contribution in [1.82, 2.24) is 14.7 Å². The maximum absolute atomic E-state index is 13.1. The molecular formula is C22H23N3O3. The van der Waals surface area contributed by atoms with Crippen molar-refractivity contribution < 1.29 is 14.3 Å². The number of rotatable bonds is 4. The van der Waals surface area contributed by atoms with Crippen molar-refractivity contribution >= 4 is 5.91 Å². The molecule has 3 aromatic rings. The van der Waals surface area contributed by atoms with Crippen molar-refractivity contribution in [2.45, 2.75) is 39.0 Å². The first-order valence-electron chi connectivity index (χ1n) is 9.79. The number of hydrogen-bond acceptors (Lipinski definition) is 4. The first-order valence-corrected chi connectivity index (χ1v) is 9.79. The van der Waals surface area contributed by atoms with Crippen molar-refractivity contribution in [2.24, 2.45) is 5.92 Å². The molecule has 1 aliphatic heterocycles. The van der Waals surface area contributed by atoms with E-state index in [0.717, 1.165) is 41.3 Å². The van der Waals surface area contributed by atoms with Gasteiger partial charge in [0, 0.05) is 17.7 Å². The van der Waals surface area contributed by atoms with Crippen molar-refractivity contribution in [3.8, 4) is 11.3 Å². The van der Waals surface area contributed by atoms with Crippen LogP contribution in [-0.2, 0) is 13.1 Å². The average Bonchev–Trinajstić information content (AvgIpc) is 3.33. The van der Waals surface area contributed by atoms with Crippen LogP contribution in [0, 0.1) is 12.8 Å². The molecule has 0 saturated heterocycles. The van der Waals surface area contributed by atoms with Gasteiger partial charge in [-0.05, 0) is 56.0 Å². The minimum Gasteiger partial charge on any atom is -0.461 e. The molecule has 6 heteroatoms. The monoisotopic (exact) mass is 377 g/mol. The van der Waals surface area contributed by atoms with Crippen LogP contribution >= 0.6 is 0 Å². The Morgan fingerprint density at radius 2 is 2.07 bits per heavy atom. The van der Waals surface area contributed by atoms with E-state index in [4.69, 9.17) is 4.42 Å². The van der Waals surface area contributed by atoms with Crippen molar-refractivity contribution in [3.63, 3.8) is 0 Å². The fourth-order valence-electron chi connectivity index (χ4n) is 3.84. The standard InChI is InChI=1S/C22H23N3O3/c1-14-5-8-20(28-14)16-3-2-4-17(11-16)22(27)24-9-10-25-18(13-24)12-19(23-25)21(26)15-6-7-15/h2-5,8,11-12,15,21,26H,6-7,9-10,13H2,1H3/t21-/m1/s1. The number of carbonyl (C=O) groups excluding carboxylic acids is 1. The number of amides is 1. The number of carbonyl (C=O) groups is 1. The quantitative estimate of drug-likeness (QED) is 0.755. The molecule has 0 radical (unpaired) electrons. The highest BCUT2D eigenvalue weighted by atomic mass is 16.3. The highest BCUT2D eigenvalue weighted by Crippen LogP contribution is 2.40. The van der Waals surface area contributed by atoms with Gasteiger partial charge in [0.15, 0.2) is 0 Å². The Hall–Kier alpha value is -2.86. The van der Waals surface area contributed by atoms with E-state index in [1.165, 1.54) is 0 Å². The molecule has 1 atom stereocenters. The van der Waals surface area contributed by atoms with Gasteiger partial charge in [-0.2, -0.15) is 5.10 Å². The number of aryl methyl sites for hydroxylation is 1. The summed E-state index contributed by atoms with van der Waals surface area (Å²) in [6.07, 6.45) is 1.66. The zero-order valence-electron chi connectivity index (χ0n) is 15.8. The second kappa shape index (κ2) is 6.63. The van der Waals surface area contributed by atoms with Gasteiger partial charge >= 0.3 is 0 Å². The van der Waals surface area contributed by atoms with Crippen molar-refractivity contribution in [1.29, 1.82) is 0 Å². The number of nitrogens with zero attached hydrogens (tertiary/aromatic N) is 3. The van der Waals surface area contributed by atoms with Gasteiger partial charge in [0.05, 0.1) is 24.5 Å². The van der Waals surface area contributed by atoms with E-state index in [1.54, 1.807) is 0 Å². The Kier molecular flexibility index (Phi) is 4.09. The Balaban J connectivity index is 1.35. The average molecular weight is 377 g/mol. The molecule has 1 aliphatic carbocycles. The maximum Gasteiger partial charge on any atom is 0.254 e. The number of fused-ring (bicyclic) bond motifs is 1. The predicted molar refractivity (Wildman–Crippen MR) is 104 cm³/mol. The molecular weight excluding hydrogens is 354 g/mol. The molecule has 1 N–H and O–H groups in total. The molecule has 1 amide bonds. The lowest BCUT2D eigenvalue weighted by atomic mass is 10.1. The van der Waals surface area contributed by atoms with Crippen LogP contribution in [0.4, 0.5) is 0 Å². The van der Waals surface area contributed by atoms with E-state index in [0.29, 0.717) is 31.1 Å². The van der Waals surface area contributed by atoms with Crippen molar-refractivity contribution in [2.75, 3.05) is 6.54 Å². The fraction of sp³-hybridized carbons (Fsp3) is 0.364. The molecule has 0 spiro atoms. The Bertz CT molecular complexity index is 1030. The molecule has 1 fully saturated rings. The molecule has 144 valence electrons. The lowest BCUT2D eigenvalue weighted by molar-refractivity contribution is 0.0705. The Labute approximate surface area is 163 Å². The van der Waals surface area contributed by atoms with Gasteiger partial charge in [0.2, 0.25) is 0 Å². The van der Waals surface area contributed by atoms with E-state index in [9.17, 15) is 9.90 Å². The normalized spacial score (nSPS) is 17.4. The van der Waals surface area contributed by atoms with Gasteiger partial charge in [-0.3, -0.25) is 9.48 Å². The number of benzene rings is 1. The van der Waals surface area contributed by atoms with Crippen LogP contribution in [0.25, 0.3) is 11.3 Å². The van der Waals surface area contributed by atoms with E-state index in [1.807, 2.05) is 59.0 Å². The fourth-order valence-corrected chi connectivity index (χ4v) is 3.84. The summed E-state index contributed by atoms with van der Waals surface area (Å²) in [7, 11) is 0. The number of hydrogen-bond donors (Lipinski definition) is 1. The van der Waals surface area contributed by atoms with Gasteiger partial charge in [-0.15, -0.1) is 0 Å². The van der Waals surface area contributed by atoms with Crippen LogP contribution in [0.1, 0.15) is 46.5 Å². The lowest BCUT2D eigenvalue weighted by Gasteiger charge is -2.27. The van der Waals surface area contributed by atoms with Crippen LogP contribution in [0.15, 0.2) is 46.9 Å². The molecule has 0 bridgehead atoms. The summed E-state index contributed by atoms with van der Waals surface area (Å²) in [6, 6.07) is 13.4. The van der Waals surface area contributed by atoms with Gasteiger partial charge in [0.1, 0.15) is 17.6 Å². The zero-order valence-corrected chi connectivity index (χ0v) is 15.8. The van der Waals surface area contributed by atoms with E-state index in [-0.39, 0.29) is 5.91 Å². The van der Waals surface area contributed by atoms with Gasteiger partial charge < -0.3 is 14.4 Å². The molecule has 1 saturated carbocycles. The number of aliphatic hydroxyl groups excluding tert-OH is 1. The van der Waals surface area contributed by atoms with Crippen LogP contribution in [0.3, 0.4) is 0 Å². The number of aliphatic hydroxyl groups is 1. The highest BCUT2D eigenvalue weighted by molar-refractivity contribution is 5.95. The summed E-state index contributed by atoms with van der Waals surface area (Å²) in [5.74, 6) is 1.97. The van der Waals surface area contributed by atoms with E-state index in [2.05, 4.69) is 5.10 Å². The number of aromatic nitrogens is 2. The second-order valence-electron chi connectivity index (χ2n) is 7.78. The summed E-state index contributed by atoms with van der Waals surface area (Å²) >= 11 is 0. The first-order chi connectivity index (χ1) is 13.6. The van der Waals surface area contributed by atoms with Crippen LogP contribution < -0.4 is 0 Å². The largest absolute Gasteiger partial charge is 0.461 e. The smallest absolute Gasteiger partial charge is 0.254 e. The molecule has 5 rings (SSSR count). The minimum atomic E-state index is -0.476. The summed E-state index contributed by atoms with van der Waals surface area (Å²) in [4.78, 5) is 14.9. The third-order valence-electron chi connectivity index (χ3n) is 5.61. The summed E-state index contributed by atoms with van der Waals surface area (Å²) < 4.78 is 7.61. The summed E-state index contributed by atoms with van der Waals surface area (Å²) in [6.45, 7) is 3.67. The van der Waals surface area contributed by atoms with Crippen LogP contribution in [0.2, 0.25) is 0 Å². The summed E-state index contributed by atoms with van der Waals surface area (Å²) in [5.41, 5.74) is 3.27. The molecule has 0 unspecified atom stereocenters. The molecule has 2 aliphatic rings. The predicted octanol–water partition coefficient (Wildman–Crippen LogP) is 3.55. The maximum atomic E-state index is 13.1. The third kappa shape index (κ3) is 3.14. The Morgan fingerprint density at radius 3 is 2.82 bits per heavy atom. The molecule has 2 aromatic heterocycles. The lowest BCUT2D eigenvalue weighted by Crippen LogP contribution is -2.38. The van der Waals surface area contributed by atoms with Gasteiger partial charge in [-0.1, -0.05) is 12.1 Å². The molecule has 1 aromatic carbocycles. The molecule has 6 nitrogen and oxygen atoms in total. The van der Waals surface area contributed by atoms with E-state index >= 15 is 0 Å². The summed E-state index contributed by atoms with van der Waals surface area (Å²) in [5, 5.41) is 14.9. The van der Waals surface area contributed by atoms with Crippen LogP contribution in [-0.4, -0.2) is 32.2 Å². The Morgan fingerprint density at radius 1 is 1.21 bits per heavy atom. The highest BCUT2D eigenvalue weighted by Gasteiger charge is 2.33. The molecule has 3 heterocycles. The minimum absolute atomic E-state index is 0.00173. The van der Waals surface area contributed by atoms with Gasteiger partial charge in [-0.25, -0.2) is 0 Å². The molecule has 28 heavy (non-hydrogen) atoms. The number of furan rings is 1. The third-order valence-corrected chi connectivity index (χ3v) is 5.61. The first kappa shape index (κ1) is 17.3. The van der Waals surface area contributed by atoms with E-state index < -0.39 is 6.10 Å². The topological polar surface area (TPSA) is 71.5 Å².